The molecule has 1 aliphatic heterocycles. The predicted octanol–water partition coefficient (Wildman–Crippen LogP) is 3.27. The van der Waals surface area contributed by atoms with Gasteiger partial charge in [-0.05, 0) is 65.8 Å². The first-order valence-electron chi connectivity index (χ1n) is 7.86. The predicted molar refractivity (Wildman–Crippen MR) is 109 cm³/mol. The van der Waals surface area contributed by atoms with Gasteiger partial charge < -0.3 is 19.5 Å². The van der Waals surface area contributed by atoms with Crippen LogP contribution >= 0.6 is 34.8 Å². The highest BCUT2D eigenvalue weighted by Gasteiger charge is 2.37. The highest BCUT2D eigenvalue weighted by molar-refractivity contribution is 14.1. The average Bonchev–Trinajstić information content (AvgIpc) is 2.58. The summed E-state index contributed by atoms with van der Waals surface area (Å²) in [5.41, 5.74) is 1.48. The Morgan fingerprint density at radius 1 is 1.40 bits per heavy atom. The van der Waals surface area contributed by atoms with Crippen molar-refractivity contribution in [2.24, 2.45) is 10.9 Å². The molecule has 0 saturated carbocycles. The largest absolute Gasteiger partial charge is 0.493 e. The Morgan fingerprint density at radius 2 is 2.12 bits per heavy atom. The topological polar surface area (TPSA) is 69.2 Å². The molecule has 0 saturated heterocycles. The smallest absolute Gasteiger partial charge is 0.316 e. The van der Waals surface area contributed by atoms with E-state index in [1.165, 1.54) is 7.11 Å². The van der Waals surface area contributed by atoms with Gasteiger partial charge in [-0.3, -0.25) is 4.79 Å². The summed E-state index contributed by atoms with van der Waals surface area (Å²) in [6, 6.07) is 3.45. The standard InChI is InChI=1S/C17H21IN2O4S/c1-5-6-24-15-11(18)7-10(8-12(15)22-3)14-13(16(21)23-4)9(2)19-17(25)20-14/h7-8,13-14H,5-6H2,1-4H3,(H,20,25). The molecular weight excluding hydrogens is 455 g/mol. The number of nitrogens with one attached hydrogen (secondary N) is 1. The van der Waals surface area contributed by atoms with E-state index in [9.17, 15) is 4.79 Å². The number of hydrogen-bond donors (Lipinski definition) is 1. The molecule has 0 spiro atoms. The lowest BCUT2D eigenvalue weighted by molar-refractivity contribution is -0.143. The Hall–Kier alpha value is -1.42. The zero-order chi connectivity index (χ0) is 18.6. The molecule has 0 fully saturated rings. The number of nitrogens with zero attached hydrogens (tertiary/aromatic N) is 1. The third-order valence-corrected chi connectivity index (χ3v) is 4.87. The molecule has 2 rings (SSSR count). The number of thiocarbonyl (C=S) groups is 1. The fraction of sp³-hybridized carbons (Fsp3) is 0.471. The van der Waals surface area contributed by atoms with Crippen LogP contribution in [0.4, 0.5) is 0 Å². The second-order valence-electron chi connectivity index (χ2n) is 5.56. The lowest BCUT2D eigenvalue weighted by Gasteiger charge is -2.31. The Labute approximate surface area is 166 Å². The lowest BCUT2D eigenvalue weighted by atomic mass is 9.88. The van der Waals surface area contributed by atoms with Gasteiger partial charge in [0.05, 0.1) is 30.4 Å². The van der Waals surface area contributed by atoms with Gasteiger partial charge in [0, 0.05) is 5.71 Å². The number of benzene rings is 1. The molecule has 6 nitrogen and oxygen atoms in total. The third-order valence-electron chi connectivity index (χ3n) is 3.86. The zero-order valence-electron chi connectivity index (χ0n) is 14.6. The first-order chi connectivity index (χ1) is 11.9. The van der Waals surface area contributed by atoms with Crippen LogP contribution in [0.1, 0.15) is 31.9 Å². The maximum Gasteiger partial charge on any atom is 0.316 e. The molecule has 1 N–H and O–H groups in total. The fourth-order valence-electron chi connectivity index (χ4n) is 2.69. The monoisotopic (exact) mass is 476 g/mol. The summed E-state index contributed by atoms with van der Waals surface area (Å²) in [5.74, 6) is 0.403. The zero-order valence-corrected chi connectivity index (χ0v) is 17.6. The summed E-state index contributed by atoms with van der Waals surface area (Å²) in [6.07, 6.45) is 0.902. The van der Waals surface area contributed by atoms with Gasteiger partial charge in [-0.25, -0.2) is 4.99 Å². The number of esters is 1. The molecule has 1 heterocycles. The molecular formula is C17H21IN2O4S. The van der Waals surface area contributed by atoms with Crippen molar-refractivity contribution in [3.8, 4) is 11.5 Å². The summed E-state index contributed by atoms with van der Waals surface area (Å²) in [4.78, 5) is 16.5. The molecule has 0 aliphatic carbocycles. The summed E-state index contributed by atoms with van der Waals surface area (Å²) in [5, 5.41) is 3.46. The number of halogens is 1. The van der Waals surface area contributed by atoms with Crippen molar-refractivity contribution in [3.05, 3.63) is 21.3 Å². The molecule has 25 heavy (non-hydrogen) atoms. The van der Waals surface area contributed by atoms with E-state index in [1.807, 2.05) is 19.1 Å². The van der Waals surface area contributed by atoms with Crippen molar-refractivity contribution >= 4 is 51.6 Å². The number of methoxy groups -OCH3 is 2. The quantitative estimate of drug-likeness (QED) is 0.386. The van der Waals surface area contributed by atoms with Crippen LogP contribution < -0.4 is 14.8 Å². The third kappa shape index (κ3) is 4.41. The van der Waals surface area contributed by atoms with Crippen LogP contribution in [0, 0.1) is 9.49 Å². The van der Waals surface area contributed by atoms with Crippen molar-refractivity contribution in [1.82, 2.24) is 5.32 Å². The minimum absolute atomic E-state index is 0.350. The van der Waals surface area contributed by atoms with Gasteiger partial charge in [0.25, 0.3) is 0 Å². The van der Waals surface area contributed by atoms with Crippen LogP contribution in [0.25, 0.3) is 0 Å². The van der Waals surface area contributed by atoms with E-state index < -0.39 is 5.92 Å². The Bertz CT molecular complexity index is 708. The van der Waals surface area contributed by atoms with Crippen LogP contribution in [0.3, 0.4) is 0 Å². The number of carbonyl (C=O) groups excluding carboxylic acids is 1. The molecule has 2 unspecified atom stereocenters. The highest BCUT2D eigenvalue weighted by Crippen LogP contribution is 2.38. The van der Waals surface area contributed by atoms with Crippen LogP contribution in [-0.2, 0) is 9.53 Å². The van der Waals surface area contributed by atoms with E-state index in [0.717, 1.165) is 15.6 Å². The van der Waals surface area contributed by atoms with Crippen LogP contribution in [-0.4, -0.2) is 37.6 Å². The molecule has 1 aromatic rings. The van der Waals surface area contributed by atoms with Gasteiger partial charge in [0.2, 0.25) is 0 Å². The van der Waals surface area contributed by atoms with Crippen molar-refractivity contribution in [3.63, 3.8) is 0 Å². The molecule has 2 atom stereocenters. The van der Waals surface area contributed by atoms with Gasteiger partial charge in [-0.2, -0.15) is 0 Å². The number of rotatable bonds is 6. The van der Waals surface area contributed by atoms with E-state index >= 15 is 0 Å². The van der Waals surface area contributed by atoms with Gasteiger partial charge in [-0.15, -0.1) is 0 Å². The minimum atomic E-state index is -0.556. The number of hydrogen-bond acceptors (Lipinski definition) is 5. The maximum absolute atomic E-state index is 12.3. The number of aliphatic imine (C=N–C) groups is 1. The normalized spacial score (nSPS) is 19.7. The second kappa shape index (κ2) is 8.79. The second-order valence-corrected chi connectivity index (χ2v) is 7.11. The maximum atomic E-state index is 12.3. The Kier molecular flexibility index (Phi) is 7.00. The first-order valence-corrected chi connectivity index (χ1v) is 9.35. The lowest BCUT2D eigenvalue weighted by Crippen LogP contribution is -2.44. The number of ether oxygens (including phenoxy) is 3. The van der Waals surface area contributed by atoms with Gasteiger partial charge in [0.1, 0.15) is 5.92 Å². The van der Waals surface area contributed by atoms with Crippen LogP contribution in [0.15, 0.2) is 17.1 Å². The Balaban J connectivity index is 2.48. The molecule has 0 aromatic heterocycles. The average molecular weight is 476 g/mol. The van der Waals surface area contributed by atoms with Gasteiger partial charge in [0.15, 0.2) is 16.6 Å². The SMILES string of the molecule is CCCOc1c(I)cc(C2NC(=S)N=C(C)C2C(=O)OC)cc1OC. The fourth-order valence-corrected chi connectivity index (χ4v) is 3.74. The van der Waals surface area contributed by atoms with Crippen LogP contribution in [0.5, 0.6) is 11.5 Å². The Morgan fingerprint density at radius 3 is 2.72 bits per heavy atom. The number of carbonyl (C=O) groups is 1. The minimum Gasteiger partial charge on any atom is -0.493 e. The van der Waals surface area contributed by atoms with Crippen molar-refractivity contribution in [2.45, 2.75) is 26.3 Å². The van der Waals surface area contributed by atoms with Crippen LogP contribution in [0.2, 0.25) is 0 Å². The molecule has 1 aromatic carbocycles. The van der Waals surface area contributed by atoms with Gasteiger partial charge >= 0.3 is 5.97 Å². The molecule has 0 radical (unpaired) electrons. The summed E-state index contributed by atoms with van der Waals surface area (Å²) < 4.78 is 17.1. The van der Waals surface area contributed by atoms with Crippen molar-refractivity contribution in [2.75, 3.05) is 20.8 Å². The molecule has 1 aliphatic rings. The summed E-state index contributed by atoms with van der Waals surface area (Å²) >= 11 is 7.41. The summed E-state index contributed by atoms with van der Waals surface area (Å²) in [7, 11) is 2.96. The van der Waals surface area contributed by atoms with Gasteiger partial charge in [-0.1, -0.05) is 6.92 Å². The van der Waals surface area contributed by atoms with E-state index in [4.69, 9.17) is 26.4 Å². The molecule has 8 heteroatoms. The van der Waals surface area contributed by atoms with E-state index in [1.54, 1.807) is 14.0 Å². The first kappa shape index (κ1) is 19.9. The molecule has 0 bridgehead atoms. The highest BCUT2D eigenvalue weighted by atomic mass is 127. The van der Waals surface area contributed by atoms with E-state index in [0.29, 0.717) is 28.9 Å². The van der Waals surface area contributed by atoms with Crippen molar-refractivity contribution < 1.29 is 19.0 Å². The van der Waals surface area contributed by atoms with Crippen molar-refractivity contribution in [1.29, 1.82) is 0 Å². The van der Waals surface area contributed by atoms with E-state index in [2.05, 4.69) is 32.9 Å². The van der Waals surface area contributed by atoms with E-state index in [-0.39, 0.29) is 12.0 Å². The summed E-state index contributed by atoms with van der Waals surface area (Å²) in [6.45, 7) is 4.43. The molecule has 136 valence electrons. The molecule has 0 amide bonds.